The zero-order valence-electron chi connectivity index (χ0n) is 13.2. The molecule has 120 valence electrons. The van der Waals surface area contributed by atoms with E-state index in [2.05, 4.69) is 5.32 Å². The Kier molecular flexibility index (Phi) is 9.01. The summed E-state index contributed by atoms with van der Waals surface area (Å²) in [5, 5.41) is 12.9. The lowest BCUT2D eigenvalue weighted by molar-refractivity contribution is 0.0616. The van der Waals surface area contributed by atoms with Crippen LogP contribution < -0.4 is 10.1 Å². The molecule has 0 fully saturated rings. The minimum absolute atomic E-state index is 0.281. The Morgan fingerprint density at radius 2 is 1.86 bits per heavy atom. The van der Waals surface area contributed by atoms with Crippen LogP contribution in [0.4, 0.5) is 0 Å². The van der Waals surface area contributed by atoms with E-state index in [0.29, 0.717) is 32.4 Å². The van der Waals surface area contributed by atoms with E-state index in [1.807, 2.05) is 38.1 Å². The van der Waals surface area contributed by atoms with Crippen molar-refractivity contribution in [1.29, 1.82) is 0 Å². The van der Waals surface area contributed by atoms with Gasteiger partial charge >= 0.3 is 0 Å². The molecule has 0 spiro atoms. The third kappa shape index (κ3) is 8.67. The standard InChI is InChI=1S/C16H27NO4/c1-13(2)17-10-15(18)12-21-16-6-4-14(5-7-16)11-20-9-8-19-3/h4-7,13,15,17-18H,8-12H2,1-3H3. The van der Waals surface area contributed by atoms with Gasteiger partial charge in [-0.1, -0.05) is 26.0 Å². The fraction of sp³-hybridized carbons (Fsp3) is 0.625. The molecule has 0 bridgehead atoms. The number of ether oxygens (including phenoxy) is 3. The quantitative estimate of drug-likeness (QED) is 0.607. The van der Waals surface area contributed by atoms with Gasteiger partial charge in [-0.2, -0.15) is 0 Å². The second-order valence-corrected chi connectivity index (χ2v) is 5.22. The van der Waals surface area contributed by atoms with Gasteiger partial charge in [-0.05, 0) is 17.7 Å². The lowest BCUT2D eigenvalue weighted by atomic mass is 10.2. The number of benzene rings is 1. The highest BCUT2D eigenvalue weighted by Crippen LogP contribution is 2.13. The molecule has 1 aromatic rings. The van der Waals surface area contributed by atoms with Gasteiger partial charge in [0.15, 0.2) is 0 Å². The molecule has 1 atom stereocenters. The Labute approximate surface area is 127 Å². The van der Waals surface area contributed by atoms with Gasteiger partial charge in [0.05, 0.1) is 19.8 Å². The molecule has 0 aromatic heterocycles. The van der Waals surface area contributed by atoms with Crippen LogP contribution >= 0.6 is 0 Å². The summed E-state index contributed by atoms with van der Waals surface area (Å²) in [5.74, 6) is 0.749. The van der Waals surface area contributed by atoms with Crippen molar-refractivity contribution < 1.29 is 19.3 Å². The molecule has 0 radical (unpaired) electrons. The molecule has 21 heavy (non-hydrogen) atoms. The largest absolute Gasteiger partial charge is 0.491 e. The van der Waals surface area contributed by atoms with Crippen LogP contribution in [0.1, 0.15) is 19.4 Å². The predicted octanol–water partition coefficient (Wildman–Crippen LogP) is 1.59. The summed E-state index contributed by atoms with van der Waals surface area (Å²) in [4.78, 5) is 0. The van der Waals surface area contributed by atoms with Gasteiger partial charge in [0, 0.05) is 19.7 Å². The molecule has 1 unspecified atom stereocenters. The first-order valence-corrected chi connectivity index (χ1v) is 7.31. The van der Waals surface area contributed by atoms with Gasteiger partial charge in [0.2, 0.25) is 0 Å². The summed E-state index contributed by atoms with van der Waals surface area (Å²) >= 11 is 0. The highest BCUT2D eigenvalue weighted by atomic mass is 16.5. The second kappa shape index (κ2) is 10.6. The SMILES string of the molecule is COCCOCc1ccc(OCC(O)CNC(C)C)cc1. The smallest absolute Gasteiger partial charge is 0.119 e. The molecule has 0 aliphatic rings. The minimum atomic E-state index is -0.510. The van der Waals surface area contributed by atoms with Crippen LogP contribution in [0.2, 0.25) is 0 Å². The van der Waals surface area contributed by atoms with Gasteiger partial charge in [0.25, 0.3) is 0 Å². The zero-order valence-corrected chi connectivity index (χ0v) is 13.2. The summed E-state index contributed by atoms with van der Waals surface area (Å²) in [6.45, 7) is 6.65. The average molecular weight is 297 g/mol. The van der Waals surface area contributed by atoms with Crippen molar-refractivity contribution in [3.05, 3.63) is 29.8 Å². The van der Waals surface area contributed by atoms with Crippen molar-refractivity contribution in [2.75, 3.05) is 33.5 Å². The van der Waals surface area contributed by atoms with Crippen molar-refractivity contribution in [3.8, 4) is 5.75 Å². The molecule has 0 saturated carbocycles. The van der Waals surface area contributed by atoms with Crippen LogP contribution in [0.3, 0.4) is 0 Å². The van der Waals surface area contributed by atoms with Crippen LogP contribution in [-0.4, -0.2) is 50.7 Å². The average Bonchev–Trinajstić information content (AvgIpc) is 2.48. The summed E-state index contributed by atoms with van der Waals surface area (Å²) in [7, 11) is 1.65. The zero-order chi connectivity index (χ0) is 15.5. The van der Waals surface area contributed by atoms with E-state index < -0.39 is 6.10 Å². The van der Waals surface area contributed by atoms with E-state index >= 15 is 0 Å². The molecule has 1 aromatic carbocycles. The first kappa shape index (κ1) is 17.9. The fourth-order valence-corrected chi connectivity index (χ4v) is 1.64. The molecule has 0 heterocycles. The third-order valence-electron chi connectivity index (χ3n) is 2.83. The van der Waals surface area contributed by atoms with Crippen molar-refractivity contribution in [3.63, 3.8) is 0 Å². The number of hydrogen-bond donors (Lipinski definition) is 2. The van der Waals surface area contributed by atoms with Crippen LogP contribution in [0.25, 0.3) is 0 Å². The molecule has 2 N–H and O–H groups in total. The summed E-state index contributed by atoms with van der Waals surface area (Å²) in [6, 6.07) is 8.05. The van der Waals surface area contributed by atoms with E-state index in [1.165, 1.54) is 0 Å². The summed E-state index contributed by atoms with van der Waals surface area (Å²) in [5.41, 5.74) is 1.08. The Hall–Kier alpha value is -1.14. The molecule has 5 nitrogen and oxygen atoms in total. The van der Waals surface area contributed by atoms with Crippen molar-refractivity contribution in [2.45, 2.75) is 32.6 Å². The number of aliphatic hydroxyl groups excluding tert-OH is 1. The lowest BCUT2D eigenvalue weighted by Crippen LogP contribution is -2.35. The third-order valence-corrected chi connectivity index (χ3v) is 2.83. The van der Waals surface area contributed by atoms with E-state index in [4.69, 9.17) is 14.2 Å². The van der Waals surface area contributed by atoms with E-state index in [0.717, 1.165) is 11.3 Å². The van der Waals surface area contributed by atoms with Gasteiger partial charge in [-0.15, -0.1) is 0 Å². The van der Waals surface area contributed by atoms with Crippen LogP contribution in [0.5, 0.6) is 5.75 Å². The molecule has 0 amide bonds. The summed E-state index contributed by atoms with van der Waals surface area (Å²) in [6.07, 6.45) is -0.510. The molecule has 5 heteroatoms. The number of methoxy groups -OCH3 is 1. The first-order valence-electron chi connectivity index (χ1n) is 7.31. The molecular weight excluding hydrogens is 270 g/mol. The van der Waals surface area contributed by atoms with Gasteiger partial charge in [0.1, 0.15) is 18.5 Å². The topological polar surface area (TPSA) is 60.0 Å². The maximum Gasteiger partial charge on any atom is 0.119 e. The van der Waals surface area contributed by atoms with Crippen LogP contribution in [0, 0.1) is 0 Å². The highest BCUT2D eigenvalue weighted by molar-refractivity contribution is 5.26. The van der Waals surface area contributed by atoms with Crippen LogP contribution in [0.15, 0.2) is 24.3 Å². The Bertz CT molecular complexity index is 367. The lowest BCUT2D eigenvalue weighted by Gasteiger charge is -2.15. The number of nitrogens with one attached hydrogen (secondary N) is 1. The van der Waals surface area contributed by atoms with Crippen LogP contribution in [-0.2, 0) is 16.1 Å². The van der Waals surface area contributed by atoms with Gasteiger partial charge < -0.3 is 24.6 Å². The number of rotatable bonds is 11. The van der Waals surface area contributed by atoms with Crippen molar-refractivity contribution in [2.24, 2.45) is 0 Å². The maximum absolute atomic E-state index is 9.76. The molecular formula is C16H27NO4. The normalized spacial score (nSPS) is 12.6. The monoisotopic (exact) mass is 297 g/mol. The minimum Gasteiger partial charge on any atom is -0.491 e. The summed E-state index contributed by atoms with van der Waals surface area (Å²) < 4.78 is 15.9. The van der Waals surface area contributed by atoms with E-state index in [9.17, 15) is 5.11 Å². The maximum atomic E-state index is 9.76. The molecule has 0 saturated heterocycles. The van der Waals surface area contributed by atoms with E-state index in [1.54, 1.807) is 7.11 Å². The highest BCUT2D eigenvalue weighted by Gasteiger charge is 2.06. The Morgan fingerprint density at radius 1 is 1.14 bits per heavy atom. The predicted molar refractivity (Wildman–Crippen MR) is 82.6 cm³/mol. The van der Waals surface area contributed by atoms with Gasteiger partial charge in [-0.25, -0.2) is 0 Å². The second-order valence-electron chi connectivity index (χ2n) is 5.22. The van der Waals surface area contributed by atoms with E-state index in [-0.39, 0.29) is 6.61 Å². The number of hydrogen-bond acceptors (Lipinski definition) is 5. The molecule has 1 rings (SSSR count). The Morgan fingerprint density at radius 3 is 2.48 bits per heavy atom. The molecule has 0 aliphatic carbocycles. The Balaban J connectivity index is 2.24. The number of aliphatic hydroxyl groups is 1. The fourth-order valence-electron chi connectivity index (χ4n) is 1.64. The van der Waals surface area contributed by atoms with Crippen molar-refractivity contribution >= 4 is 0 Å². The van der Waals surface area contributed by atoms with Gasteiger partial charge in [-0.3, -0.25) is 0 Å². The van der Waals surface area contributed by atoms with Crippen molar-refractivity contribution in [1.82, 2.24) is 5.32 Å². The first-order chi connectivity index (χ1) is 10.1. The molecule has 0 aliphatic heterocycles.